The first-order chi connectivity index (χ1) is 12.9. The summed E-state index contributed by atoms with van der Waals surface area (Å²) in [5.41, 5.74) is -2.34. The number of nitrogens with one attached hydrogen (secondary N) is 1. The maximum absolute atomic E-state index is 14.2. The van der Waals surface area contributed by atoms with E-state index < -0.39 is 15.6 Å². The number of fused-ring (bicyclic) bond motifs is 4. The summed E-state index contributed by atoms with van der Waals surface area (Å²) in [4.78, 5) is 3.23. The van der Waals surface area contributed by atoms with Crippen LogP contribution in [-0.4, -0.2) is 23.5 Å². The van der Waals surface area contributed by atoms with Crippen molar-refractivity contribution in [3.05, 3.63) is 53.3 Å². The molecule has 0 bridgehead atoms. The third-order valence-electron chi connectivity index (χ3n) is 4.09. The average Bonchev–Trinajstić information content (AvgIpc) is 3.00. The fraction of sp³-hybridized carbons (Fsp3) is 0.118. The number of halogens is 5. The van der Waals surface area contributed by atoms with Crippen molar-refractivity contribution in [1.29, 1.82) is 0 Å². The Morgan fingerprint density at radius 2 is 1.71 bits per heavy atom. The molecule has 0 atom stereocenters. The Balaban J connectivity index is 0.000000242. The Morgan fingerprint density at radius 1 is 1.11 bits per heavy atom. The van der Waals surface area contributed by atoms with E-state index in [0.29, 0.717) is 10.4 Å². The molecule has 0 spiro atoms. The molecule has 1 N–H and O–H groups in total. The van der Waals surface area contributed by atoms with Gasteiger partial charge < -0.3 is 9.54 Å². The summed E-state index contributed by atoms with van der Waals surface area (Å²) in [5, 5.41) is 2.16. The van der Waals surface area contributed by atoms with Gasteiger partial charge in [-0.15, -0.1) is 0 Å². The molecule has 0 saturated heterocycles. The van der Waals surface area contributed by atoms with Crippen LogP contribution in [0.5, 0.6) is 0 Å². The first-order valence-corrected chi connectivity index (χ1v) is 9.40. The molecule has 4 aromatic rings. The van der Waals surface area contributed by atoms with Crippen LogP contribution in [0.1, 0.15) is 0 Å². The highest BCUT2D eigenvalue weighted by atomic mass is 35.5. The van der Waals surface area contributed by atoms with Gasteiger partial charge in [0.05, 0.1) is 15.9 Å². The van der Waals surface area contributed by atoms with Crippen LogP contribution in [0.15, 0.2) is 42.5 Å². The van der Waals surface area contributed by atoms with Gasteiger partial charge in [0.25, 0.3) is 0 Å². The van der Waals surface area contributed by atoms with Crippen LogP contribution >= 0.6 is 11.6 Å². The van der Waals surface area contributed by atoms with E-state index in [1.165, 1.54) is 6.07 Å². The lowest BCUT2D eigenvalue weighted by molar-refractivity contribution is -0.616. The molecule has 11 heteroatoms. The van der Waals surface area contributed by atoms with E-state index >= 15 is 0 Å². The topological polar surface area (TPSA) is 76.9 Å². The van der Waals surface area contributed by atoms with Gasteiger partial charge >= 0.3 is 5.51 Å². The van der Waals surface area contributed by atoms with Crippen molar-refractivity contribution in [2.24, 2.45) is 7.05 Å². The van der Waals surface area contributed by atoms with E-state index in [9.17, 15) is 17.6 Å². The normalized spacial score (nSPS) is 12.4. The lowest BCUT2D eigenvalue weighted by Crippen LogP contribution is -2.30. The van der Waals surface area contributed by atoms with Crippen LogP contribution in [-0.2, 0) is 17.2 Å². The van der Waals surface area contributed by atoms with Gasteiger partial charge in [-0.2, -0.15) is 17.7 Å². The van der Waals surface area contributed by atoms with Crippen LogP contribution in [0, 0.1) is 5.82 Å². The molecule has 0 aliphatic rings. The summed E-state index contributed by atoms with van der Waals surface area (Å²) in [7, 11) is -4.16. The molecule has 2 aromatic carbocycles. The SMILES string of the molecule is C[n+]1c2ccccc2c(Cl)c2[nH]c3cccc(F)c3c21.O=S(=O)([O-])C(F)(F)F. The van der Waals surface area contributed by atoms with Crippen molar-refractivity contribution in [3.8, 4) is 0 Å². The van der Waals surface area contributed by atoms with E-state index in [4.69, 9.17) is 24.6 Å². The minimum atomic E-state index is -6.09. The number of nitrogens with zero attached hydrogens (tertiary/aromatic N) is 1. The predicted molar refractivity (Wildman–Crippen MR) is 95.2 cm³/mol. The molecule has 2 heterocycles. The van der Waals surface area contributed by atoms with Crippen molar-refractivity contribution in [3.63, 3.8) is 0 Å². The zero-order valence-corrected chi connectivity index (χ0v) is 15.6. The summed E-state index contributed by atoms with van der Waals surface area (Å²) < 4.78 is 75.1. The summed E-state index contributed by atoms with van der Waals surface area (Å²) in [6.07, 6.45) is 0. The van der Waals surface area contributed by atoms with Crippen LogP contribution < -0.4 is 4.57 Å². The maximum atomic E-state index is 14.2. The van der Waals surface area contributed by atoms with Crippen LogP contribution in [0.25, 0.3) is 32.8 Å². The number of aromatic nitrogens is 2. The number of alkyl halides is 3. The molecule has 0 unspecified atom stereocenters. The average molecular weight is 435 g/mol. The predicted octanol–water partition coefficient (Wildman–Crippen LogP) is 4.14. The molecule has 2 aromatic heterocycles. The lowest BCUT2D eigenvalue weighted by Gasteiger charge is -2.08. The minimum absolute atomic E-state index is 0.240. The molecule has 0 radical (unpaired) electrons. The largest absolute Gasteiger partial charge is 0.741 e. The number of H-pyrrole nitrogens is 1. The van der Waals surface area contributed by atoms with E-state index in [1.54, 1.807) is 6.07 Å². The van der Waals surface area contributed by atoms with E-state index in [-0.39, 0.29) is 5.82 Å². The summed E-state index contributed by atoms with van der Waals surface area (Å²) in [6, 6.07) is 12.9. The number of aromatic amines is 1. The zero-order valence-electron chi connectivity index (χ0n) is 14.0. The van der Waals surface area contributed by atoms with Gasteiger partial charge in [0.2, 0.25) is 11.0 Å². The second kappa shape index (κ2) is 6.87. The molecule has 0 saturated carbocycles. The molecule has 0 aliphatic carbocycles. The highest BCUT2D eigenvalue weighted by molar-refractivity contribution is 7.86. The van der Waals surface area contributed by atoms with E-state index in [1.807, 2.05) is 41.9 Å². The van der Waals surface area contributed by atoms with Crippen LogP contribution in [0.4, 0.5) is 17.6 Å². The van der Waals surface area contributed by atoms with E-state index in [2.05, 4.69) is 4.98 Å². The van der Waals surface area contributed by atoms with Crippen molar-refractivity contribution < 1.29 is 35.1 Å². The first-order valence-electron chi connectivity index (χ1n) is 7.61. The van der Waals surface area contributed by atoms with Gasteiger partial charge in [0.15, 0.2) is 10.1 Å². The maximum Gasteiger partial charge on any atom is 0.485 e. The van der Waals surface area contributed by atoms with Crippen LogP contribution in [0.3, 0.4) is 0 Å². The molecular weight excluding hydrogens is 424 g/mol. The highest BCUT2D eigenvalue weighted by Crippen LogP contribution is 2.33. The van der Waals surface area contributed by atoms with Crippen molar-refractivity contribution in [1.82, 2.24) is 4.98 Å². The Morgan fingerprint density at radius 3 is 2.32 bits per heavy atom. The molecule has 0 fully saturated rings. The molecular formula is C17H11ClF4N2O3S. The number of para-hydroxylation sites is 1. The molecule has 148 valence electrons. The Kier molecular flexibility index (Phi) is 4.98. The van der Waals surface area contributed by atoms with Gasteiger partial charge in [-0.3, -0.25) is 0 Å². The standard InChI is InChI=1S/C16H10ClFN2.CHF3O3S/c1-20-12-8-3-2-5-9(12)14(17)15-16(20)13-10(18)6-4-7-11(13)19-15;2-1(3,4)8(5,6)7/h2-8H,1H3;(H,5,6,7). The number of pyridine rings is 1. The third-order valence-corrected chi connectivity index (χ3v) is 5.05. The number of aryl methyl sites for hydroxylation is 1. The number of hydrogen-bond donors (Lipinski definition) is 1. The van der Waals surface area contributed by atoms with E-state index in [0.717, 1.165) is 27.5 Å². The molecule has 28 heavy (non-hydrogen) atoms. The fourth-order valence-corrected chi connectivity index (χ4v) is 3.19. The molecule has 0 amide bonds. The Bertz CT molecular complexity index is 1320. The third kappa shape index (κ3) is 3.38. The monoisotopic (exact) mass is 434 g/mol. The second-order valence-corrected chi connectivity index (χ2v) is 7.55. The first kappa shape index (κ1) is 20.3. The zero-order chi connectivity index (χ0) is 20.9. The molecule has 5 nitrogen and oxygen atoms in total. The lowest BCUT2D eigenvalue weighted by atomic mass is 10.1. The van der Waals surface area contributed by atoms with Gasteiger partial charge in [-0.25, -0.2) is 12.8 Å². The molecule has 4 rings (SSSR count). The summed E-state index contributed by atoms with van der Waals surface area (Å²) >= 11 is 6.50. The van der Waals surface area contributed by atoms with Gasteiger partial charge in [0.1, 0.15) is 23.8 Å². The van der Waals surface area contributed by atoms with Crippen molar-refractivity contribution in [2.45, 2.75) is 5.51 Å². The quantitative estimate of drug-likeness (QED) is 0.195. The number of benzene rings is 2. The van der Waals surface area contributed by atoms with Gasteiger partial charge in [-0.05, 0) is 18.2 Å². The number of hydrogen-bond acceptors (Lipinski definition) is 3. The van der Waals surface area contributed by atoms with Gasteiger partial charge in [-0.1, -0.05) is 29.8 Å². The second-order valence-electron chi connectivity index (χ2n) is 5.80. The highest BCUT2D eigenvalue weighted by Gasteiger charge is 2.36. The van der Waals surface area contributed by atoms with Crippen LogP contribution in [0.2, 0.25) is 5.02 Å². The Labute approximate surface area is 160 Å². The molecule has 0 aliphatic heterocycles. The summed E-state index contributed by atoms with van der Waals surface area (Å²) in [5.74, 6) is -0.240. The van der Waals surface area contributed by atoms with Gasteiger partial charge in [0, 0.05) is 6.07 Å². The Hall–Kier alpha value is -2.43. The van der Waals surface area contributed by atoms with Crippen molar-refractivity contribution >= 4 is 54.6 Å². The summed E-state index contributed by atoms with van der Waals surface area (Å²) in [6.45, 7) is 0. The fourth-order valence-electron chi connectivity index (χ4n) is 2.89. The number of rotatable bonds is 0. The smallest absolute Gasteiger partial charge is 0.485 e. The van der Waals surface area contributed by atoms with Crippen molar-refractivity contribution in [2.75, 3.05) is 0 Å². The minimum Gasteiger partial charge on any atom is -0.741 e.